The van der Waals surface area contributed by atoms with E-state index < -0.39 is 0 Å². The Labute approximate surface area is 150 Å². The Morgan fingerprint density at radius 2 is 2.24 bits per heavy atom. The molecule has 1 saturated carbocycles. The molecular weight excluding hydrogens is 334 g/mol. The minimum absolute atomic E-state index is 0.00865. The SMILES string of the molecule is CCOc1ccc([C@H](C)NC(=O)C2CC2c2nc3ccccc3[nH]2)s1. The largest absolute Gasteiger partial charge is 0.484 e. The third-order valence-electron chi connectivity index (χ3n) is 4.56. The fourth-order valence-electron chi connectivity index (χ4n) is 3.11. The van der Waals surface area contributed by atoms with E-state index in [2.05, 4.69) is 15.3 Å². The van der Waals surface area contributed by atoms with E-state index in [9.17, 15) is 4.79 Å². The van der Waals surface area contributed by atoms with Gasteiger partial charge in [0.25, 0.3) is 0 Å². The smallest absolute Gasteiger partial charge is 0.224 e. The molecule has 0 saturated heterocycles. The number of amides is 1. The zero-order chi connectivity index (χ0) is 17.4. The van der Waals surface area contributed by atoms with Gasteiger partial charge in [-0.1, -0.05) is 12.1 Å². The van der Waals surface area contributed by atoms with E-state index in [0.29, 0.717) is 6.61 Å². The molecule has 2 aromatic heterocycles. The van der Waals surface area contributed by atoms with Crippen LogP contribution in [-0.2, 0) is 4.79 Å². The Morgan fingerprint density at radius 3 is 3.04 bits per heavy atom. The first-order chi connectivity index (χ1) is 12.2. The van der Waals surface area contributed by atoms with Gasteiger partial charge in [0.2, 0.25) is 5.91 Å². The first-order valence-corrected chi connectivity index (χ1v) is 9.45. The molecule has 130 valence electrons. The number of benzene rings is 1. The van der Waals surface area contributed by atoms with Crippen LogP contribution in [0, 0.1) is 5.92 Å². The molecule has 1 amide bonds. The molecule has 2 N–H and O–H groups in total. The quantitative estimate of drug-likeness (QED) is 0.702. The lowest BCUT2D eigenvalue weighted by molar-refractivity contribution is -0.123. The average molecular weight is 355 g/mol. The number of rotatable bonds is 6. The van der Waals surface area contributed by atoms with Gasteiger partial charge in [0.1, 0.15) is 5.82 Å². The number of carbonyl (C=O) groups excluding carboxylic acids is 1. The van der Waals surface area contributed by atoms with E-state index in [1.54, 1.807) is 11.3 Å². The number of para-hydroxylation sites is 2. The lowest BCUT2D eigenvalue weighted by Gasteiger charge is -2.12. The first kappa shape index (κ1) is 16.1. The fourth-order valence-corrected chi connectivity index (χ4v) is 4.03. The standard InChI is InChI=1S/C19H21N3O2S/c1-3-24-17-9-8-16(25-17)11(2)20-19(23)13-10-12(13)18-21-14-6-4-5-7-15(14)22-18/h4-9,11-13H,3,10H2,1-2H3,(H,20,23)(H,21,22)/t11-,12?,13?/m0/s1. The van der Waals surface area contributed by atoms with Crippen molar-refractivity contribution in [3.8, 4) is 5.06 Å². The number of fused-ring (bicyclic) bond motifs is 1. The predicted molar refractivity (Wildman–Crippen MR) is 99.0 cm³/mol. The zero-order valence-corrected chi connectivity index (χ0v) is 15.1. The molecular formula is C19H21N3O2S. The number of hydrogen-bond donors (Lipinski definition) is 2. The highest BCUT2D eigenvalue weighted by Gasteiger charge is 2.46. The molecule has 4 rings (SSSR count). The number of nitrogens with one attached hydrogen (secondary N) is 2. The van der Waals surface area contributed by atoms with Crippen molar-refractivity contribution in [3.63, 3.8) is 0 Å². The van der Waals surface area contributed by atoms with Crippen LogP contribution < -0.4 is 10.1 Å². The molecule has 25 heavy (non-hydrogen) atoms. The van der Waals surface area contributed by atoms with Crippen molar-refractivity contribution in [1.29, 1.82) is 0 Å². The molecule has 0 spiro atoms. The molecule has 2 heterocycles. The third-order valence-corrected chi connectivity index (χ3v) is 5.74. The summed E-state index contributed by atoms with van der Waals surface area (Å²) in [4.78, 5) is 21.6. The summed E-state index contributed by atoms with van der Waals surface area (Å²) in [6.07, 6.45) is 0.854. The molecule has 2 unspecified atom stereocenters. The number of H-pyrrole nitrogens is 1. The van der Waals surface area contributed by atoms with Gasteiger partial charge in [-0.15, -0.1) is 11.3 Å². The van der Waals surface area contributed by atoms with Crippen molar-refractivity contribution >= 4 is 28.3 Å². The van der Waals surface area contributed by atoms with Gasteiger partial charge in [-0.2, -0.15) is 0 Å². The lowest BCUT2D eigenvalue weighted by atomic mass is 10.2. The van der Waals surface area contributed by atoms with Gasteiger partial charge in [-0.25, -0.2) is 4.98 Å². The van der Waals surface area contributed by atoms with Gasteiger partial charge < -0.3 is 15.0 Å². The summed E-state index contributed by atoms with van der Waals surface area (Å²) < 4.78 is 5.50. The van der Waals surface area contributed by atoms with Crippen molar-refractivity contribution in [2.24, 2.45) is 5.92 Å². The van der Waals surface area contributed by atoms with Crippen LogP contribution in [-0.4, -0.2) is 22.5 Å². The van der Waals surface area contributed by atoms with Crippen molar-refractivity contribution in [1.82, 2.24) is 15.3 Å². The van der Waals surface area contributed by atoms with Gasteiger partial charge >= 0.3 is 0 Å². The van der Waals surface area contributed by atoms with Crippen LogP contribution in [0.1, 0.15) is 42.9 Å². The van der Waals surface area contributed by atoms with Crippen LogP contribution in [0.25, 0.3) is 11.0 Å². The maximum absolute atomic E-state index is 12.5. The number of aromatic nitrogens is 2. The second-order valence-electron chi connectivity index (χ2n) is 6.41. The van der Waals surface area contributed by atoms with Crippen molar-refractivity contribution in [2.45, 2.75) is 32.2 Å². The van der Waals surface area contributed by atoms with Crippen LogP contribution in [0.3, 0.4) is 0 Å². The molecule has 5 nitrogen and oxygen atoms in total. The number of thiophene rings is 1. The van der Waals surface area contributed by atoms with Crippen LogP contribution in [0.4, 0.5) is 0 Å². The van der Waals surface area contributed by atoms with E-state index in [4.69, 9.17) is 4.74 Å². The normalized spacial score (nSPS) is 20.4. The van der Waals surface area contributed by atoms with E-state index >= 15 is 0 Å². The molecule has 0 aliphatic heterocycles. The average Bonchev–Trinajstić information content (AvgIpc) is 3.07. The first-order valence-electron chi connectivity index (χ1n) is 8.63. The highest BCUT2D eigenvalue weighted by Crippen LogP contribution is 2.47. The van der Waals surface area contributed by atoms with E-state index in [-0.39, 0.29) is 23.8 Å². The zero-order valence-electron chi connectivity index (χ0n) is 14.3. The summed E-state index contributed by atoms with van der Waals surface area (Å²) in [6.45, 7) is 4.63. The van der Waals surface area contributed by atoms with E-state index in [1.165, 1.54) is 0 Å². The molecule has 1 aliphatic carbocycles. The summed E-state index contributed by atoms with van der Waals surface area (Å²) in [5, 5.41) is 4.01. The molecule has 1 aromatic carbocycles. The van der Waals surface area contributed by atoms with Gasteiger partial charge in [-0.3, -0.25) is 4.79 Å². The molecule has 6 heteroatoms. The predicted octanol–water partition coefficient (Wildman–Crippen LogP) is 4.00. The molecule has 3 aromatic rings. The Kier molecular flexibility index (Phi) is 4.21. The second-order valence-corrected chi connectivity index (χ2v) is 7.49. The molecule has 1 fully saturated rings. The van der Waals surface area contributed by atoms with Crippen LogP contribution in [0.2, 0.25) is 0 Å². The fraction of sp³-hybridized carbons (Fsp3) is 0.368. The molecule has 1 aliphatic rings. The monoisotopic (exact) mass is 355 g/mol. The minimum Gasteiger partial charge on any atom is -0.484 e. The maximum atomic E-state index is 12.5. The summed E-state index contributed by atoms with van der Waals surface area (Å²) >= 11 is 1.58. The van der Waals surface area contributed by atoms with Gasteiger partial charge in [0, 0.05) is 16.7 Å². The highest BCUT2D eigenvalue weighted by molar-refractivity contribution is 7.13. The topological polar surface area (TPSA) is 67.0 Å². The highest BCUT2D eigenvalue weighted by atomic mass is 32.1. The van der Waals surface area contributed by atoms with Gasteiger partial charge in [-0.05, 0) is 44.5 Å². The summed E-state index contributed by atoms with van der Waals surface area (Å²) in [5.74, 6) is 1.23. The van der Waals surface area contributed by atoms with Gasteiger partial charge in [0.15, 0.2) is 5.06 Å². The number of ether oxygens (including phenoxy) is 1. The number of nitrogens with zero attached hydrogens (tertiary/aromatic N) is 1. The van der Waals surface area contributed by atoms with Crippen molar-refractivity contribution in [3.05, 3.63) is 47.1 Å². The summed E-state index contributed by atoms with van der Waals surface area (Å²) in [6, 6.07) is 11.9. The Morgan fingerprint density at radius 1 is 1.40 bits per heavy atom. The van der Waals surface area contributed by atoms with Crippen molar-refractivity contribution in [2.75, 3.05) is 6.61 Å². The number of aromatic amines is 1. The molecule has 0 radical (unpaired) electrons. The Bertz CT molecular complexity index is 868. The molecule has 0 bridgehead atoms. The summed E-state index contributed by atoms with van der Waals surface area (Å²) in [5.41, 5.74) is 1.98. The Hall–Kier alpha value is -2.34. The minimum atomic E-state index is -0.0105. The van der Waals surface area contributed by atoms with E-state index in [0.717, 1.165) is 33.2 Å². The van der Waals surface area contributed by atoms with E-state index in [1.807, 2.05) is 50.2 Å². The summed E-state index contributed by atoms with van der Waals surface area (Å²) in [7, 11) is 0. The van der Waals surface area contributed by atoms with Crippen LogP contribution in [0.5, 0.6) is 5.06 Å². The Balaban J connectivity index is 1.38. The maximum Gasteiger partial charge on any atom is 0.224 e. The molecule has 3 atom stereocenters. The van der Waals surface area contributed by atoms with Crippen LogP contribution >= 0.6 is 11.3 Å². The van der Waals surface area contributed by atoms with Crippen LogP contribution in [0.15, 0.2) is 36.4 Å². The number of imidazole rings is 1. The number of carbonyl (C=O) groups is 1. The second kappa shape index (κ2) is 6.52. The lowest BCUT2D eigenvalue weighted by Crippen LogP contribution is -2.28. The number of hydrogen-bond acceptors (Lipinski definition) is 4. The third kappa shape index (κ3) is 3.26. The van der Waals surface area contributed by atoms with Gasteiger partial charge in [0.05, 0.1) is 23.7 Å². The van der Waals surface area contributed by atoms with Crippen molar-refractivity contribution < 1.29 is 9.53 Å².